The van der Waals surface area contributed by atoms with Gasteiger partial charge in [0, 0.05) is 5.69 Å². The molecule has 2 N–H and O–H groups in total. The highest BCUT2D eigenvalue weighted by molar-refractivity contribution is 8.00. The topological polar surface area (TPSA) is 79.9 Å². The standard InChI is InChI=1S/C17H18N4O2S2/c1-3-23-13-8-6-12(7-9-13)18-16(22)11(2)25-17-19-15(20-21-17)14-5-4-10-24-14/h4-11H,3H2,1-2H3,(H,18,22)(H,19,20,21)/t11-/m0/s1. The Hall–Kier alpha value is -2.32. The second-order valence-electron chi connectivity index (χ2n) is 5.15. The van der Waals surface area contributed by atoms with Crippen LogP contribution in [0.4, 0.5) is 5.69 Å². The molecule has 2 heterocycles. The van der Waals surface area contributed by atoms with Gasteiger partial charge in [-0.1, -0.05) is 17.8 Å². The SMILES string of the molecule is CCOc1ccc(NC(=O)[C@H](C)Sc2n[nH]c(-c3cccs3)n2)cc1. The Morgan fingerprint density at radius 3 is 2.84 bits per heavy atom. The number of thiophene rings is 1. The van der Waals surface area contributed by atoms with E-state index in [9.17, 15) is 4.79 Å². The van der Waals surface area contributed by atoms with Gasteiger partial charge in [-0.05, 0) is 49.6 Å². The number of ether oxygens (including phenoxy) is 1. The highest BCUT2D eigenvalue weighted by atomic mass is 32.2. The number of nitrogens with one attached hydrogen (secondary N) is 2. The number of carbonyl (C=O) groups excluding carboxylic acids is 1. The lowest BCUT2D eigenvalue weighted by Crippen LogP contribution is -2.22. The van der Waals surface area contributed by atoms with E-state index < -0.39 is 0 Å². The fraction of sp³-hybridized carbons (Fsp3) is 0.235. The lowest BCUT2D eigenvalue weighted by atomic mass is 10.3. The maximum absolute atomic E-state index is 12.3. The smallest absolute Gasteiger partial charge is 0.237 e. The van der Waals surface area contributed by atoms with Crippen LogP contribution < -0.4 is 10.1 Å². The van der Waals surface area contributed by atoms with Crippen LogP contribution in [0.25, 0.3) is 10.7 Å². The quantitative estimate of drug-likeness (QED) is 0.610. The zero-order valence-corrected chi connectivity index (χ0v) is 15.5. The first kappa shape index (κ1) is 17.5. The number of hydrogen-bond acceptors (Lipinski definition) is 6. The van der Waals surface area contributed by atoms with Gasteiger partial charge in [-0.25, -0.2) is 4.98 Å². The summed E-state index contributed by atoms with van der Waals surface area (Å²) in [5, 5.41) is 12.2. The van der Waals surface area contributed by atoms with Crippen molar-refractivity contribution >= 4 is 34.7 Å². The number of H-pyrrole nitrogens is 1. The Kier molecular flexibility index (Phi) is 5.72. The maximum atomic E-state index is 12.3. The molecule has 2 aromatic heterocycles. The van der Waals surface area contributed by atoms with E-state index in [0.717, 1.165) is 22.1 Å². The first-order valence-corrected chi connectivity index (χ1v) is 9.58. The van der Waals surface area contributed by atoms with Crippen LogP contribution in [0.2, 0.25) is 0 Å². The van der Waals surface area contributed by atoms with E-state index in [-0.39, 0.29) is 11.2 Å². The van der Waals surface area contributed by atoms with Crippen LogP contribution in [0.3, 0.4) is 0 Å². The second-order valence-corrected chi connectivity index (χ2v) is 7.41. The summed E-state index contributed by atoms with van der Waals surface area (Å²) in [6.07, 6.45) is 0. The molecule has 0 radical (unpaired) electrons. The van der Waals surface area contributed by atoms with Crippen LogP contribution in [0.1, 0.15) is 13.8 Å². The largest absolute Gasteiger partial charge is 0.494 e. The van der Waals surface area contributed by atoms with Gasteiger partial charge in [-0.15, -0.1) is 16.4 Å². The fourth-order valence-electron chi connectivity index (χ4n) is 2.08. The summed E-state index contributed by atoms with van der Waals surface area (Å²) in [6, 6.07) is 11.2. The number of thioether (sulfide) groups is 1. The normalized spacial score (nSPS) is 11.9. The molecule has 8 heteroatoms. The van der Waals surface area contributed by atoms with Crippen LogP contribution in [-0.2, 0) is 4.79 Å². The molecule has 130 valence electrons. The molecule has 3 aromatic rings. The summed E-state index contributed by atoms with van der Waals surface area (Å²) in [7, 11) is 0. The van der Waals surface area contributed by atoms with E-state index >= 15 is 0 Å². The van der Waals surface area contributed by atoms with Gasteiger partial charge in [0.1, 0.15) is 5.75 Å². The van der Waals surface area contributed by atoms with Gasteiger partial charge in [0.2, 0.25) is 11.1 Å². The minimum Gasteiger partial charge on any atom is -0.494 e. The van der Waals surface area contributed by atoms with E-state index in [2.05, 4.69) is 20.5 Å². The minimum absolute atomic E-state index is 0.100. The van der Waals surface area contributed by atoms with Crippen molar-refractivity contribution in [1.82, 2.24) is 15.2 Å². The number of aromatic nitrogens is 3. The molecule has 25 heavy (non-hydrogen) atoms. The average Bonchev–Trinajstić information content (AvgIpc) is 3.28. The Balaban J connectivity index is 1.57. The number of carbonyl (C=O) groups is 1. The zero-order chi connectivity index (χ0) is 17.6. The van der Waals surface area contributed by atoms with Gasteiger partial charge in [-0.3, -0.25) is 9.89 Å². The number of benzene rings is 1. The Bertz CT molecular complexity index is 816. The van der Waals surface area contributed by atoms with Gasteiger partial charge < -0.3 is 10.1 Å². The van der Waals surface area contributed by atoms with Crippen molar-refractivity contribution in [2.45, 2.75) is 24.3 Å². The molecule has 0 saturated heterocycles. The molecular weight excluding hydrogens is 356 g/mol. The molecule has 3 rings (SSSR count). The summed E-state index contributed by atoms with van der Waals surface area (Å²) >= 11 is 2.90. The van der Waals surface area contributed by atoms with Crippen molar-refractivity contribution in [3.05, 3.63) is 41.8 Å². The second kappa shape index (κ2) is 8.17. The lowest BCUT2D eigenvalue weighted by molar-refractivity contribution is -0.115. The van der Waals surface area contributed by atoms with Crippen LogP contribution in [-0.4, -0.2) is 32.9 Å². The fourth-order valence-corrected chi connectivity index (χ4v) is 3.47. The number of amides is 1. The Morgan fingerprint density at radius 2 is 2.16 bits per heavy atom. The number of rotatable bonds is 7. The summed E-state index contributed by atoms with van der Waals surface area (Å²) in [4.78, 5) is 17.8. The van der Waals surface area contributed by atoms with Gasteiger partial charge in [0.15, 0.2) is 5.82 Å². The summed E-state index contributed by atoms with van der Waals surface area (Å²) in [6.45, 7) is 4.38. The molecule has 0 fully saturated rings. The van der Waals surface area contributed by atoms with Gasteiger partial charge in [-0.2, -0.15) is 0 Å². The Labute approximate surface area is 154 Å². The molecule has 1 amide bonds. The summed E-state index contributed by atoms with van der Waals surface area (Å²) in [5.74, 6) is 1.40. The summed E-state index contributed by atoms with van der Waals surface area (Å²) < 4.78 is 5.39. The highest BCUT2D eigenvalue weighted by Gasteiger charge is 2.18. The van der Waals surface area contributed by atoms with E-state index in [0.29, 0.717) is 11.8 Å². The van der Waals surface area contributed by atoms with Crippen molar-refractivity contribution in [3.63, 3.8) is 0 Å². The third kappa shape index (κ3) is 4.61. The number of hydrogen-bond donors (Lipinski definition) is 2. The molecule has 6 nitrogen and oxygen atoms in total. The van der Waals surface area contributed by atoms with E-state index in [4.69, 9.17) is 4.74 Å². The van der Waals surface area contributed by atoms with Crippen molar-refractivity contribution in [3.8, 4) is 16.5 Å². The predicted octanol–water partition coefficient (Wildman–Crippen LogP) is 4.05. The average molecular weight is 374 g/mol. The molecule has 0 unspecified atom stereocenters. The van der Waals surface area contributed by atoms with E-state index in [1.54, 1.807) is 11.3 Å². The van der Waals surface area contributed by atoms with Crippen molar-refractivity contribution in [1.29, 1.82) is 0 Å². The maximum Gasteiger partial charge on any atom is 0.237 e. The van der Waals surface area contributed by atoms with Crippen molar-refractivity contribution in [2.75, 3.05) is 11.9 Å². The first-order valence-electron chi connectivity index (χ1n) is 7.82. The molecule has 0 aliphatic carbocycles. The van der Waals surface area contributed by atoms with Crippen LogP contribution in [0.15, 0.2) is 46.9 Å². The van der Waals surface area contributed by atoms with Crippen LogP contribution in [0.5, 0.6) is 5.75 Å². The number of aromatic amines is 1. The minimum atomic E-state index is -0.321. The van der Waals surface area contributed by atoms with Gasteiger partial charge in [0.25, 0.3) is 0 Å². The molecule has 0 bridgehead atoms. The molecule has 0 aliphatic heterocycles. The molecule has 0 spiro atoms. The highest BCUT2D eigenvalue weighted by Crippen LogP contribution is 2.26. The van der Waals surface area contributed by atoms with Crippen molar-refractivity contribution in [2.24, 2.45) is 0 Å². The molecule has 1 atom stereocenters. The number of nitrogens with zero attached hydrogens (tertiary/aromatic N) is 2. The Morgan fingerprint density at radius 1 is 1.36 bits per heavy atom. The predicted molar refractivity (Wildman–Crippen MR) is 101 cm³/mol. The molecule has 1 aromatic carbocycles. The van der Waals surface area contributed by atoms with E-state index in [1.807, 2.05) is 55.6 Å². The molecule has 0 aliphatic rings. The van der Waals surface area contributed by atoms with Crippen LogP contribution in [0, 0.1) is 0 Å². The van der Waals surface area contributed by atoms with Crippen molar-refractivity contribution < 1.29 is 9.53 Å². The van der Waals surface area contributed by atoms with Gasteiger partial charge in [0.05, 0.1) is 16.7 Å². The third-order valence-electron chi connectivity index (χ3n) is 3.30. The van der Waals surface area contributed by atoms with E-state index in [1.165, 1.54) is 11.8 Å². The van der Waals surface area contributed by atoms with Gasteiger partial charge >= 0.3 is 0 Å². The first-order chi connectivity index (χ1) is 12.2. The molecule has 0 saturated carbocycles. The number of anilines is 1. The molecular formula is C17H18N4O2S2. The summed E-state index contributed by atoms with van der Waals surface area (Å²) in [5.41, 5.74) is 0.732. The monoisotopic (exact) mass is 374 g/mol. The van der Waals surface area contributed by atoms with Crippen LogP contribution >= 0.6 is 23.1 Å². The lowest BCUT2D eigenvalue weighted by Gasteiger charge is -2.10. The zero-order valence-electron chi connectivity index (χ0n) is 13.9. The third-order valence-corrected chi connectivity index (χ3v) is 5.14.